The van der Waals surface area contributed by atoms with Crippen molar-refractivity contribution in [2.75, 3.05) is 31.1 Å². The van der Waals surface area contributed by atoms with Crippen LogP contribution in [0.15, 0.2) is 54.6 Å². The minimum absolute atomic E-state index is 0.130. The van der Waals surface area contributed by atoms with E-state index in [-0.39, 0.29) is 17.9 Å². The number of para-hydroxylation sites is 1. The zero-order chi connectivity index (χ0) is 18.9. The van der Waals surface area contributed by atoms with Crippen molar-refractivity contribution in [1.29, 1.82) is 0 Å². The summed E-state index contributed by atoms with van der Waals surface area (Å²) < 4.78 is 18.3. The lowest BCUT2D eigenvalue weighted by atomic mass is 10.0. The quantitative estimate of drug-likeness (QED) is 0.732. The highest BCUT2D eigenvalue weighted by Gasteiger charge is 2.20. The first kappa shape index (κ1) is 19.0. The number of ether oxygens (including phenoxy) is 1. The maximum Gasteiger partial charge on any atom is 0.315 e. The Balaban J connectivity index is 1.27. The number of rotatable bonds is 7. The van der Waals surface area contributed by atoms with Crippen LogP contribution in [0, 0.1) is 5.82 Å². The van der Waals surface area contributed by atoms with Crippen LogP contribution in [0.3, 0.4) is 0 Å². The van der Waals surface area contributed by atoms with Crippen molar-refractivity contribution in [1.82, 2.24) is 10.6 Å². The van der Waals surface area contributed by atoms with Crippen LogP contribution in [0.25, 0.3) is 0 Å². The summed E-state index contributed by atoms with van der Waals surface area (Å²) in [4.78, 5) is 14.4. The van der Waals surface area contributed by atoms with Gasteiger partial charge in [0.05, 0.1) is 6.61 Å². The molecule has 2 aromatic carbocycles. The molecule has 0 unspecified atom stereocenters. The number of nitrogens with one attached hydrogen (secondary N) is 2. The summed E-state index contributed by atoms with van der Waals surface area (Å²) in [6.07, 6.45) is 2.57. The first-order valence-corrected chi connectivity index (χ1v) is 9.43. The van der Waals surface area contributed by atoms with E-state index in [1.807, 2.05) is 18.2 Å². The zero-order valence-electron chi connectivity index (χ0n) is 15.4. The molecule has 2 aromatic rings. The normalized spacial score (nSPS) is 14.6. The molecule has 1 aliphatic heterocycles. The highest BCUT2D eigenvalue weighted by atomic mass is 19.1. The maximum atomic E-state index is 12.8. The first-order chi connectivity index (χ1) is 13.2. The van der Waals surface area contributed by atoms with Crippen LogP contribution in [-0.4, -0.2) is 38.3 Å². The largest absolute Gasteiger partial charge is 0.494 e. The fourth-order valence-corrected chi connectivity index (χ4v) is 3.15. The van der Waals surface area contributed by atoms with Gasteiger partial charge in [-0.15, -0.1) is 0 Å². The van der Waals surface area contributed by atoms with Crippen LogP contribution in [-0.2, 0) is 0 Å². The average molecular weight is 371 g/mol. The lowest BCUT2D eigenvalue weighted by molar-refractivity contribution is 0.232. The van der Waals surface area contributed by atoms with Gasteiger partial charge in [-0.05, 0) is 55.7 Å². The second kappa shape index (κ2) is 9.80. The topological polar surface area (TPSA) is 53.6 Å². The van der Waals surface area contributed by atoms with Crippen LogP contribution < -0.4 is 20.3 Å². The van der Waals surface area contributed by atoms with E-state index >= 15 is 0 Å². The highest BCUT2D eigenvalue weighted by molar-refractivity contribution is 5.74. The van der Waals surface area contributed by atoms with Crippen molar-refractivity contribution in [3.63, 3.8) is 0 Å². The van der Waals surface area contributed by atoms with E-state index in [9.17, 15) is 9.18 Å². The van der Waals surface area contributed by atoms with E-state index in [0.717, 1.165) is 25.9 Å². The number of piperidine rings is 1. The lowest BCUT2D eigenvalue weighted by Gasteiger charge is -2.33. The predicted octanol–water partition coefficient (Wildman–Crippen LogP) is 3.56. The van der Waals surface area contributed by atoms with Gasteiger partial charge < -0.3 is 20.3 Å². The van der Waals surface area contributed by atoms with E-state index in [1.54, 1.807) is 12.1 Å². The first-order valence-electron chi connectivity index (χ1n) is 9.43. The number of amides is 2. The number of anilines is 1. The molecule has 6 heteroatoms. The maximum absolute atomic E-state index is 12.8. The van der Waals surface area contributed by atoms with Crippen LogP contribution in [0.1, 0.15) is 19.3 Å². The van der Waals surface area contributed by atoms with Crippen LogP contribution in [0.2, 0.25) is 0 Å². The summed E-state index contributed by atoms with van der Waals surface area (Å²) in [5, 5.41) is 5.91. The third-order valence-electron chi connectivity index (χ3n) is 4.64. The number of hydrogen-bond donors (Lipinski definition) is 2. The Morgan fingerprint density at radius 2 is 1.78 bits per heavy atom. The van der Waals surface area contributed by atoms with E-state index in [2.05, 4.69) is 27.7 Å². The number of urea groups is 1. The Morgan fingerprint density at radius 1 is 1.07 bits per heavy atom. The third-order valence-corrected chi connectivity index (χ3v) is 4.64. The van der Waals surface area contributed by atoms with Crippen molar-refractivity contribution >= 4 is 11.7 Å². The number of carbonyl (C=O) groups excluding carboxylic acids is 1. The van der Waals surface area contributed by atoms with E-state index < -0.39 is 0 Å². The van der Waals surface area contributed by atoms with E-state index in [4.69, 9.17) is 4.74 Å². The molecule has 0 spiro atoms. The summed E-state index contributed by atoms with van der Waals surface area (Å²) in [5.41, 5.74) is 1.24. The Bertz CT molecular complexity index is 701. The molecule has 0 radical (unpaired) electrons. The minimum atomic E-state index is -0.282. The van der Waals surface area contributed by atoms with Crippen LogP contribution >= 0.6 is 0 Å². The summed E-state index contributed by atoms with van der Waals surface area (Å²) in [6, 6.07) is 16.4. The van der Waals surface area contributed by atoms with Gasteiger partial charge in [0.25, 0.3) is 0 Å². The number of hydrogen-bond acceptors (Lipinski definition) is 3. The molecule has 0 aromatic heterocycles. The molecule has 144 valence electrons. The van der Waals surface area contributed by atoms with Gasteiger partial charge in [0, 0.05) is 31.4 Å². The van der Waals surface area contributed by atoms with Gasteiger partial charge in [-0.25, -0.2) is 9.18 Å². The zero-order valence-corrected chi connectivity index (χ0v) is 15.4. The lowest BCUT2D eigenvalue weighted by Crippen LogP contribution is -2.48. The van der Waals surface area contributed by atoms with E-state index in [1.165, 1.54) is 17.8 Å². The molecule has 0 atom stereocenters. The molecule has 2 N–H and O–H groups in total. The van der Waals surface area contributed by atoms with Gasteiger partial charge in [-0.3, -0.25) is 0 Å². The molecule has 1 fully saturated rings. The molecule has 27 heavy (non-hydrogen) atoms. The fourth-order valence-electron chi connectivity index (χ4n) is 3.15. The molecule has 1 aliphatic rings. The smallest absolute Gasteiger partial charge is 0.315 e. The number of carbonyl (C=O) groups is 1. The van der Waals surface area contributed by atoms with Crippen LogP contribution in [0.5, 0.6) is 5.75 Å². The van der Waals surface area contributed by atoms with Gasteiger partial charge in [0.1, 0.15) is 11.6 Å². The van der Waals surface area contributed by atoms with Gasteiger partial charge in [-0.2, -0.15) is 0 Å². The Kier molecular flexibility index (Phi) is 6.90. The average Bonchev–Trinajstić information content (AvgIpc) is 2.70. The molecule has 0 saturated carbocycles. The minimum Gasteiger partial charge on any atom is -0.494 e. The van der Waals surface area contributed by atoms with Gasteiger partial charge in [-0.1, -0.05) is 18.2 Å². The molecule has 1 saturated heterocycles. The standard InChI is InChI=1S/C21H26FN3O2/c22-17-7-9-20(10-8-17)27-16-4-13-23-21(26)24-18-11-14-25(15-12-18)19-5-2-1-3-6-19/h1-3,5-10,18H,4,11-16H2,(H2,23,24,26). The van der Waals surface area contributed by atoms with Gasteiger partial charge in [0.15, 0.2) is 0 Å². The monoisotopic (exact) mass is 371 g/mol. The van der Waals surface area contributed by atoms with Gasteiger partial charge >= 0.3 is 6.03 Å². The summed E-state index contributed by atoms with van der Waals surface area (Å²) in [5.74, 6) is 0.348. The molecule has 2 amide bonds. The summed E-state index contributed by atoms with van der Waals surface area (Å²) >= 11 is 0. The summed E-state index contributed by atoms with van der Waals surface area (Å²) in [7, 11) is 0. The Morgan fingerprint density at radius 3 is 2.48 bits per heavy atom. The summed E-state index contributed by atoms with van der Waals surface area (Å²) in [6.45, 7) is 2.90. The predicted molar refractivity (Wildman–Crippen MR) is 105 cm³/mol. The molecule has 3 rings (SSSR count). The Labute approximate surface area is 159 Å². The van der Waals surface area contributed by atoms with Crippen LogP contribution in [0.4, 0.5) is 14.9 Å². The van der Waals surface area contributed by atoms with Gasteiger partial charge in [0.2, 0.25) is 0 Å². The molecule has 0 bridgehead atoms. The number of benzene rings is 2. The van der Waals surface area contributed by atoms with Crippen molar-refractivity contribution in [2.24, 2.45) is 0 Å². The molecular weight excluding hydrogens is 345 g/mol. The fraction of sp³-hybridized carbons (Fsp3) is 0.381. The molecular formula is C21H26FN3O2. The van der Waals surface area contributed by atoms with Crippen molar-refractivity contribution in [3.8, 4) is 5.75 Å². The number of halogens is 1. The Hall–Kier alpha value is -2.76. The third kappa shape index (κ3) is 6.16. The molecule has 5 nitrogen and oxygen atoms in total. The number of nitrogens with zero attached hydrogens (tertiary/aromatic N) is 1. The second-order valence-electron chi connectivity index (χ2n) is 6.65. The van der Waals surface area contributed by atoms with Crippen molar-refractivity contribution in [2.45, 2.75) is 25.3 Å². The van der Waals surface area contributed by atoms with Crippen molar-refractivity contribution < 1.29 is 13.9 Å². The van der Waals surface area contributed by atoms with Crippen molar-refractivity contribution in [3.05, 3.63) is 60.4 Å². The van der Waals surface area contributed by atoms with E-state index in [0.29, 0.717) is 25.3 Å². The highest BCUT2D eigenvalue weighted by Crippen LogP contribution is 2.19. The molecule has 1 heterocycles. The second-order valence-corrected chi connectivity index (χ2v) is 6.65. The molecule has 0 aliphatic carbocycles. The SMILES string of the molecule is O=C(NCCCOc1ccc(F)cc1)NC1CCN(c2ccccc2)CC1.